The summed E-state index contributed by atoms with van der Waals surface area (Å²) >= 11 is 11.9. The van der Waals surface area contributed by atoms with Gasteiger partial charge in [0, 0.05) is 11.7 Å². The van der Waals surface area contributed by atoms with Crippen molar-refractivity contribution in [2.75, 3.05) is 12.3 Å². The molecular formula is C13H18Cl2N2O2. The highest BCUT2D eigenvalue weighted by Crippen LogP contribution is 2.34. The summed E-state index contributed by atoms with van der Waals surface area (Å²) < 4.78 is 5.34. The first-order valence-electron chi connectivity index (χ1n) is 6.14. The lowest BCUT2D eigenvalue weighted by atomic mass is 10.2. The molecule has 0 saturated carbocycles. The number of hydrogen-bond acceptors (Lipinski definition) is 3. The molecule has 0 aliphatic heterocycles. The number of amides is 1. The average Bonchev–Trinajstić information content (AvgIpc) is 2.34. The van der Waals surface area contributed by atoms with E-state index < -0.39 is 0 Å². The van der Waals surface area contributed by atoms with Crippen molar-refractivity contribution in [2.45, 2.75) is 32.7 Å². The summed E-state index contributed by atoms with van der Waals surface area (Å²) in [7, 11) is 0. The highest BCUT2D eigenvalue weighted by atomic mass is 35.5. The van der Waals surface area contributed by atoms with Crippen molar-refractivity contribution in [3.63, 3.8) is 0 Å². The molecule has 0 fully saturated rings. The number of nitrogen functional groups attached to an aromatic ring is 1. The Kier molecular flexibility index (Phi) is 6.25. The zero-order valence-corrected chi connectivity index (χ0v) is 12.5. The zero-order chi connectivity index (χ0) is 14.4. The summed E-state index contributed by atoms with van der Waals surface area (Å²) in [5, 5.41) is 3.45. The average molecular weight is 305 g/mol. The van der Waals surface area contributed by atoms with Gasteiger partial charge in [-0.25, -0.2) is 0 Å². The lowest BCUT2D eigenvalue weighted by molar-refractivity contribution is -0.123. The van der Waals surface area contributed by atoms with E-state index in [2.05, 4.69) is 5.32 Å². The molecule has 1 rings (SSSR count). The van der Waals surface area contributed by atoms with Crippen molar-refractivity contribution in [3.05, 3.63) is 22.2 Å². The van der Waals surface area contributed by atoms with E-state index >= 15 is 0 Å². The molecule has 1 aromatic carbocycles. The van der Waals surface area contributed by atoms with E-state index in [9.17, 15) is 4.79 Å². The van der Waals surface area contributed by atoms with Crippen LogP contribution in [0.1, 0.15) is 26.7 Å². The maximum Gasteiger partial charge on any atom is 0.258 e. The molecule has 3 N–H and O–H groups in total. The molecule has 0 heterocycles. The lowest BCUT2D eigenvalue weighted by Crippen LogP contribution is -2.37. The van der Waals surface area contributed by atoms with Crippen LogP contribution >= 0.6 is 23.2 Å². The van der Waals surface area contributed by atoms with Crippen molar-refractivity contribution >= 4 is 34.8 Å². The van der Waals surface area contributed by atoms with Crippen molar-refractivity contribution in [1.29, 1.82) is 0 Å². The van der Waals surface area contributed by atoms with Crippen LogP contribution in [0, 0.1) is 0 Å². The van der Waals surface area contributed by atoms with Crippen molar-refractivity contribution < 1.29 is 9.53 Å². The summed E-state index contributed by atoms with van der Waals surface area (Å²) in [6.45, 7) is 3.91. The summed E-state index contributed by atoms with van der Waals surface area (Å²) in [6.07, 6.45) is 1.76. The first kappa shape index (κ1) is 15.9. The van der Waals surface area contributed by atoms with Gasteiger partial charge in [-0.1, -0.05) is 37.0 Å². The maximum atomic E-state index is 11.7. The van der Waals surface area contributed by atoms with Gasteiger partial charge in [0.1, 0.15) is 0 Å². The van der Waals surface area contributed by atoms with Crippen molar-refractivity contribution in [3.8, 4) is 5.75 Å². The van der Waals surface area contributed by atoms with Gasteiger partial charge in [0.05, 0.1) is 10.0 Å². The molecule has 1 amide bonds. The molecule has 0 unspecified atom stereocenters. The van der Waals surface area contributed by atoms with E-state index in [1.165, 1.54) is 12.1 Å². The third-order valence-electron chi connectivity index (χ3n) is 2.72. The van der Waals surface area contributed by atoms with E-state index in [-0.39, 0.29) is 24.3 Å². The van der Waals surface area contributed by atoms with E-state index in [0.717, 1.165) is 12.8 Å². The molecule has 0 aliphatic carbocycles. The number of nitrogens with two attached hydrogens (primary N) is 1. The summed E-state index contributed by atoms with van der Waals surface area (Å²) in [6, 6.07) is 3.22. The molecule has 19 heavy (non-hydrogen) atoms. The second kappa shape index (κ2) is 7.46. The molecule has 1 aromatic rings. The lowest BCUT2D eigenvalue weighted by Gasteiger charge is -2.15. The number of benzene rings is 1. The Balaban J connectivity index is 2.60. The van der Waals surface area contributed by atoms with Crippen molar-refractivity contribution in [2.24, 2.45) is 0 Å². The monoisotopic (exact) mass is 304 g/mol. The van der Waals surface area contributed by atoms with Crippen LogP contribution in [0.3, 0.4) is 0 Å². The number of nitrogens with one attached hydrogen (secondary N) is 1. The maximum absolute atomic E-state index is 11.7. The van der Waals surface area contributed by atoms with Crippen molar-refractivity contribution in [1.82, 2.24) is 5.32 Å². The van der Waals surface area contributed by atoms with Crippen LogP contribution in [-0.4, -0.2) is 18.6 Å². The van der Waals surface area contributed by atoms with Gasteiger partial charge in [0.15, 0.2) is 12.4 Å². The minimum absolute atomic E-state index is 0.125. The van der Waals surface area contributed by atoms with Gasteiger partial charge in [-0.3, -0.25) is 4.79 Å². The highest BCUT2D eigenvalue weighted by Gasteiger charge is 2.13. The third-order valence-corrected chi connectivity index (χ3v) is 3.28. The molecule has 0 aliphatic rings. The zero-order valence-electron chi connectivity index (χ0n) is 11.0. The van der Waals surface area contributed by atoms with Gasteiger partial charge in [-0.2, -0.15) is 0 Å². The second-order valence-corrected chi connectivity index (χ2v) is 5.00. The normalized spacial score (nSPS) is 10.6. The number of anilines is 1. The van der Waals surface area contributed by atoms with Crippen LogP contribution in [0.15, 0.2) is 12.1 Å². The molecule has 0 aromatic heterocycles. The number of ether oxygens (including phenoxy) is 1. The van der Waals surface area contributed by atoms with Crippen LogP contribution in [0.25, 0.3) is 0 Å². The fourth-order valence-electron chi connectivity index (χ4n) is 1.62. The van der Waals surface area contributed by atoms with Gasteiger partial charge < -0.3 is 15.8 Å². The molecule has 6 heteroatoms. The molecular weight excluding hydrogens is 287 g/mol. The van der Waals surface area contributed by atoms with Crippen LogP contribution in [0.4, 0.5) is 5.69 Å². The largest absolute Gasteiger partial charge is 0.481 e. The highest BCUT2D eigenvalue weighted by molar-refractivity contribution is 6.37. The fraction of sp³-hybridized carbons (Fsp3) is 0.462. The smallest absolute Gasteiger partial charge is 0.258 e. The minimum atomic E-state index is -0.197. The second-order valence-electron chi connectivity index (χ2n) is 4.18. The Labute approximate surface area is 123 Å². The Morgan fingerprint density at radius 2 is 1.84 bits per heavy atom. The van der Waals surface area contributed by atoms with Crippen LogP contribution in [-0.2, 0) is 4.79 Å². The SMILES string of the molecule is CCC(CC)NC(=O)COc1c(Cl)cc(N)cc1Cl. The number of carbonyl (C=O) groups excluding carboxylic acids is 1. The van der Waals surface area contributed by atoms with Crippen LogP contribution in [0.5, 0.6) is 5.75 Å². The van der Waals surface area contributed by atoms with Gasteiger partial charge in [0.2, 0.25) is 0 Å². The summed E-state index contributed by atoms with van der Waals surface area (Å²) in [5.41, 5.74) is 6.03. The predicted molar refractivity (Wildman–Crippen MR) is 78.9 cm³/mol. The Morgan fingerprint density at radius 1 is 1.32 bits per heavy atom. The fourth-order valence-corrected chi connectivity index (χ4v) is 2.23. The van der Waals surface area contributed by atoms with Crippen LogP contribution in [0.2, 0.25) is 10.0 Å². The minimum Gasteiger partial charge on any atom is -0.481 e. The van der Waals surface area contributed by atoms with Gasteiger partial charge in [-0.05, 0) is 25.0 Å². The van der Waals surface area contributed by atoms with E-state index in [0.29, 0.717) is 15.7 Å². The van der Waals surface area contributed by atoms with Gasteiger partial charge in [0.25, 0.3) is 5.91 Å². The van der Waals surface area contributed by atoms with E-state index in [1.54, 1.807) is 0 Å². The molecule has 0 spiro atoms. The number of rotatable bonds is 6. The molecule has 4 nitrogen and oxygen atoms in total. The molecule has 106 valence electrons. The number of halogens is 2. The molecule has 0 atom stereocenters. The first-order chi connectivity index (χ1) is 8.97. The molecule has 0 bridgehead atoms. The molecule has 0 saturated heterocycles. The Morgan fingerprint density at radius 3 is 2.32 bits per heavy atom. The molecule has 0 radical (unpaired) electrons. The Bertz CT molecular complexity index is 425. The van der Waals surface area contributed by atoms with E-state index in [4.69, 9.17) is 33.7 Å². The quantitative estimate of drug-likeness (QED) is 0.793. The predicted octanol–water partition coefficient (Wildman–Crippen LogP) is 3.26. The van der Waals surface area contributed by atoms with E-state index in [1.807, 2.05) is 13.8 Å². The number of carbonyl (C=O) groups is 1. The Hall–Kier alpha value is -1.13. The third kappa shape index (κ3) is 4.80. The van der Waals surface area contributed by atoms with Gasteiger partial charge >= 0.3 is 0 Å². The topological polar surface area (TPSA) is 64.3 Å². The number of hydrogen-bond donors (Lipinski definition) is 2. The summed E-state index contributed by atoms with van der Waals surface area (Å²) in [4.78, 5) is 11.7. The van der Waals surface area contributed by atoms with Crippen LogP contribution < -0.4 is 15.8 Å². The first-order valence-corrected chi connectivity index (χ1v) is 6.90. The summed E-state index contributed by atoms with van der Waals surface area (Å²) in [5.74, 6) is 0.0786. The standard InChI is InChI=1S/C13H18Cl2N2O2/c1-3-9(4-2)17-12(18)7-19-13-10(14)5-8(16)6-11(13)15/h5-6,9H,3-4,7,16H2,1-2H3,(H,17,18). The van der Waals surface area contributed by atoms with Gasteiger partial charge in [-0.15, -0.1) is 0 Å².